The van der Waals surface area contributed by atoms with E-state index in [0.717, 1.165) is 30.3 Å². The molecule has 8 heteroatoms. The van der Waals surface area contributed by atoms with Gasteiger partial charge < -0.3 is 15.1 Å². The Morgan fingerprint density at radius 1 is 1.21 bits per heavy atom. The van der Waals surface area contributed by atoms with Gasteiger partial charge >= 0.3 is 6.03 Å². The number of aromatic nitrogens is 1. The normalized spacial score (nSPS) is 22.9. The van der Waals surface area contributed by atoms with Crippen molar-refractivity contribution in [2.75, 3.05) is 44.6 Å². The fourth-order valence-electron chi connectivity index (χ4n) is 4.39. The first kappa shape index (κ1) is 19.8. The lowest BCUT2D eigenvalue weighted by Gasteiger charge is -2.33. The number of hydrogen-bond acceptors (Lipinski definition) is 5. The SMILES string of the molecule is CCN1CC2(CC1=O)CN(Cc1nccs1)CCN(C(=O)Nc1ccccc1)C2. The van der Waals surface area contributed by atoms with Crippen molar-refractivity contribution in [3.05, 3.63) is 46.9 Å². The van der Waals surface area contributed by atoms with E-state index in [9.17, 15) is 9.59 Å². The average molecular weight is 414 g/mol. The van der Waals surface area contributed by atoms with Gasteiger partial charge in [-0.05, 0) is 19.1 Å². The van der Waals surface area contributed by atoms with E-state index in [2.05, 4.69) is 15.2 Å². The molecule has 3 heterocycles. The van der Waals surface area contributed by atoms with Crippen molar-refractivity contribution in [3.8, 4) is 0 Å². The van der Waals surface area contributed by atoms with Gasteiger partial charge in [0.15, 0.2) is 0 Å². The summed E-state index contributed by atoms with van der Waals surface area (Å²) < 4.78 is 0. The van der Waals surface area contributed by atoms with Gasteiger partial charge in [-0.3, -0.25) is 9.69 Å². The largest absolute Gasteiger partial charge is 0.342 e. The molecule has 2 fully saturated rings. The monoisotopic (exact) mass is 413 g/mol. The fourth-order valence-corrected chi connectivity index (χ4v) is 5.04. The van der Waals surface area contributed by atoms with Gasteiger partial charge in [0.25, 0.3) is 0 Å². The second-order valence-electron chi connectivity index (χ2n) is 7.94. The predicted octanol–water partition coefficient (Wildman–Crippen LogP) is 2.73. The molecule has 2 aromatic rings. The summed E-state index contributed by atoms with van der Waals surface area (Å²) in [4.78, 5) is 36.1. The van der Waals surface area contributed by atoms with Crippen molar-refractivity contribution in [3.63, 3.8) is 0 Å². The summed E-state index contributed by atoms with van der Waals surface area (Å²) in [6, 6.07) is 9.41. The first-order valence-corrected chi connectivity index (χ1v) is 10.9. The number of anilines is 1. The second-order valence-corrected chi connectivity index (χ2v) is 8.92. The van der Waals surface area contributed by atoms with E-state index in [1.165, 1.54) is 0 Å². The Kier molecular flexibility index (Phi) is 5.82. The molecule has 1 aromatic carbocycles. The van der Waals surface area contributed by atoms with Crippen LogP contribution in [0.3, 0.4) is 0 Å². The van der Waals surface area contributed by atoms with Crippen LogP contribution in [0.2, 0.25) is 0 Å². The van der Waals surface area contributed by atoms with E-state index >= 15 is 0 Å². The van der Waals surface area contributed by atoms with Gasteiger partial charge in [0, 0.05) is 68.4 Å². The molecule has 2 aliphatic heterocycles. The van der Waals surface area contributed by atoms with Gasteiger partial charge in [-0.2, -0.15) is 0 Å². The van der Waals surface area contributed by atoms with Crippen molar-refractivity contribution in [2.24, 2.45) is 5.41 Å². The second kappa shape index (κ2) is 8.51. The van der Waals surface area contributed by atoms with Crippen LogP contribution in [0.4, 0.5) is 10.5 Å². The molecule has 7 nitrogen and oxygen atoms in total. The van der Waals surface area contributed by atoms with Crippen molar-refractivity contribution in [1.29, 1.82) is 0 Å². The van der Waals surface area contributed by atoms with Crippen molar-refractivity contribution < 1.29 is 9.59 Å². The van der Waals surface area contributed by atoms with Crippen LogP contribution in [0, 0.1) is 5.41 Å². The first-order valence-electron chi connectivity index (χ1n) is 10.1. The highest BCUT2D eigenvalue weighted by Gasteiger charge is 2.46. The highest BCUT2D eigenvalue weighted by Crippen LogP contribution is 2.35. The number of urea groups is 1. The van der Waals surface area contributed by atoms with Crippen LogP contribution in [-0.2, 0) is 11.3 Å². The molecule has 154 valence electrons. The lowest BCUT2D eigenvalue weighted by Crippen LogP contribution is -2.45. The van der Waals surface area contributed by atoms with Crippen molar-refractivity contribution in [1.82, 2.24) is 19.7 Å². The number of rotatable bonds is 4. The summed E-state index contributed by atoms with van der Waals surface area (Å²) in [5.41, 5.74) is 0.544. The Bertz CT molecular complexity index is 844. The molecular weight excluding hydrogens is 386 g/mol. The lowest BCUT2D eigenvalue weighted by atomic mass is 9.86. The molecule has 29 heavy (non-hydrogen) atoms. The smallest absolute Gasteiger partial charge is 0.321 e. The van der Waals surface area contributed by atoms with Gasteiger partial charge in [0.1, 0.15) is 5.01 Å². The summed E-state index contributed by atoms with van der Waals surface area (Å²) in [6.07, 6.45) is 2.31. The summed E-state index contributed by atoms with van der Waals surface area (Å²) >= 11 is 1.65. The number of likely N-dealkylation sites (tertiary alicyclic amines) is 1. The Morgan fingerprint density at radius 2 is 2.03 bits per heavy atom. The Hall–Kier alpha value is -2.45. The molecule has 0 radical (unpaired) electrons. The molecule has 3 amide bonds. The third kappa shape index (κ3) is 4.59. The number of benzene rings is 1. The van der Waals surface area contributed by atoms with Gasteiger partial charge in [-0.25, -0.2) is 9.78 Å². The zero-order valence-electron chi connectivity index (χ0n) is 16.7. The van der Waals surface area contributed by atoms with Gasteiger partial charge in [-0.15, -0.1) is 11.3 Å². The van der Waals surface area contributed by atoms with Gasteiger partial charge in [0.2, 0.25) is 5.91 Å². The minimum absolute atomic E-state index is 0.103. The Balaban J connectivity index is 1.53. The minimum atomic E-state index is -0.241. The van der Waals surface area contributed by atoms with Crippen LogP contribution >= 0.6 is 11.3 Å². The minimum Gasteiger partial charge on any atom is -0.342 e. The number of carbonyl (C=O) groups is 2. The zero-order chi connectivity index (χ0) is 20.3. The van der Waals surface area contributed by atoms with E-state index in [1.807, 2.05) is 58.6 Å². The molecule has 0 aliphatic carbocycles. The molecule has 0 bridgehead atoms. The number of amides is 3. The molecule has 1 aromatic heterocycles. The van der Waals surface area contributed by atoms with E-state index in [0.29, 0.717) is 32.6 Å². The molecular formula is C21H27N5O2S. The molecule has 1 atom stereocenters. The number of hydrogen-bond donors (Lipinski definition) is 1. The third-order valence-corrected chi connectivity index (χ3v) is 6.48. The van der Waals surface area contributed by atoms with Crippen molar-refractivity contribution >= 4 is 29.0 Å². The average Bonchev–Trinajstić information content (AvgIpc) is 3.28. The topological polar surface area (TPSA) is 68.8 Å². The molecule has 1 spiro atoms. The number of thiazole rings is 1. The van der Waals surface area contributed by atoms with E-state index in [-0.39, 0.29) is 17.4 Å². The standard InChI is InChI=1S/C21H27N5O2S/c1-2-25-15-21(12-19(25)27)14-24(13-18-22-8-11-29-18)9-10-26(16-21)20(28)23-17-6-4-3-5-7-17/h3-8,11H,2,9-10,12-16H2,1H3,(H,23,28). The molecule has 1 N–H and O–H groups in total. The van der Waals surface area contributed by atoms with Crippen LogP contribution < -0.4 is 5.32 Å². The Morgan fingerprint density at radius 3 is 2.72 bits per heavy atom. The number of carbonyl (C=O) groups excluding carboxylic acids is 2. The van der Waals surface area contributed by atoms with Crippen LogP contribution in [0.1, 0.15) is 18.4 Å². The molecule has 0 saturated carbocycles. The van der Waals surface area contributed by atoms with E-state index < -0.39 is 0 Å². The van der Waals surface area contributed by atoms with Gasteiger partial charge in [0.05, 0.1) is 6.54 Å². The maximum atomic E-state index is 13.0. The maximum absolute atomic E-state index is 13.0. The van der Waals surface area contributed by atoms with Crippen LogP contribution in [0.25, 0.3) is 0 Å². The third-order valence-electron chi connectivity index (χ3n) is 5.71. The lowest BCUT2D eigenvalue weighted by molar-refractivity contribution is -0.127. The fraction of sp³-hybridized carbons (Fsp3) is 0.476. The number of para-hydroxylation sites is 1. The number of nitrogens with zero attached hydrogens (tertiary/aromatic N) is 4. The first-order chi connectivity index (χ1) is 14.1. The maximum Gasteiger partial charge on any atom is 0.321 e. The van der Waals surface area contributed by atoms with E-state index in [1.54, 1.807) is 11.3 Å². The number of nitrogens with one attached hydrogen (secondary N) is 1. The summed E-state index contributed by atoms with van der Waals surface area (Å²) in [7, 11) is 0. The predicted molar refractivity (Wildman–Crippen MR) is 114 cm³/mol. The quantitative estimate of drug-likeness (QED) is 0.837. The summed E-state index contributed by atoms with van der Waals surface area (Å²) in [5, 5.41) is 6.06. The zero-order valence-corrected chi connectivity index (χ0v) is 17.5. The van der Waals surface area contributed by atoms with Crippen molar-refractivity contribution in [2.45, 2.75) is 19.9 Å². The summed E-state index contributed by atoms with van der Waals surface area (Å²) in [5.74, 6) is 0.187. The highest BCUT2D eigenvalue weighted by atomic mass is 32.1. The molecule has 1 unspecified atom stereocenters. The van der Waals surface area contributed by atoms with Gasteiger partial charge in [-0.1, -0.05) is 18.2 Å². The van der Waals surface area contributed by atoms with E-state index in [4.69, 9.17) is 0 Å². The molecule has 2 saturated heterocycles. The molecule has 4 rings (SSSR count). The summed E-state index contributed by atoms with van der Waals surface area (Å²) in [6.45, 7) is 6.96. The molecule has 2 aliphatic rings. The van der Waals surface area contributed by atoms with Crippen LogP contribution in [0.5, 0.6) is 0 Å². The highest BCUT2D eigenvalue weighted by molar-refractivity contribution is 7.09. The van der Waals surface area contributed by atoms with Crippen LogP contribution in [-0.4, -0.2) is 70.9 Å². The van der Waals surface area contributed by atoms with Crippen LogP contribution in [0.15, 0.2) is 41.9 Å². The Labute approximate surface area is 175 Å².